The summed E-state index contributed by atoms with van der Waals surface area (Å²) < 4.78 is 0. The second kappa shape index (κ2) is 12.6. The van der Waals surface area contributed by atoms with Gasteiger partial charge < -0.3 is 15.3 Å². The van der Waals surface area contributed by atoms with Crippen LogP contribution in [0.4, 0.5) is 0 Å². The maximum atomic E-state index is 9.58. The smallest absolute Gasteiger partial charge is 0.0610 e. The lowest BCUT2D eigenvalue weighted by atomic mass is 9.96. The third kappa shape index (κ3) is 9.73. The Morgan fingerprint density at radius 3 is 1.90 bits per heavy atom. The molecule has 0 radical (unpaired) electrons. The monoisotopic (exact) mass is 286 g/mol. The summed E-state index contributed by atoms with van der Waals surface area (Å²) in [6.07, 6.45) is 8.49. The minimum absolute atomic E-state index is 0.100. The van der Waals surface area contributed by atoms with Gasteiger partial charge in [0.1, 0.15) is 0 Å². The Morgan fingerprint density at radius 1 is 0.900 bits per heavy atom. The van der Waals surface area contributed by atoms with Crippen LogP contribution < -0.4 is 5.32 Å². The van der Waals surface area contributed by atoms with E-state index in [4.69, 9.17) is 0 Å². The van der Waals surface area contributed by atoms with Crippen molar-refractivity contribution in [1.29, 1.82) is 0 Å². The van der Waals surface area contributed by atoms with Crippen molar-refractivity contribution in [3.8, 4) is 0 Å². The first-order valence-corrected chi connectivity index (χ1v) is 8.70. The van der Waals surface area contributed by atoms with Gasteiger partial charge in [-0.15, -0.1) is 0 Å². The fourth-order valence-electron chi connectivity index (χ4n) is 2.44. The van der Waals surface area contributed by atoms with Crippen LogP contribution in [0.25, 0.3) is 0 Å². The van der Waals surface area contributed by atoms with Crippen molar-refractivity contribution in [2.24, 2.45) is 0 Å². The van der Waals surface area contributed by atoms with E-state index in [2.05, 4.69) is 37.9 Å². The van der Waals surface area contributed by atoms with Gasteiger partial charge in [0.25, 0.3) is 0 Å². The summed E-state index contributed by atoms with van der Waals surface area (Å²) in [5.41, 5.74) is -0.100. The molecule has 2 N–H and O–H groups in total. The Hall–Kier alpha value is -0.120. The Bertz CT molecular complexity index is 203. The lowest BCUT2D eigenvalue weighted by molar-refractivity contribution is 0.156. The van der Waals surface area contributed by atoms with E-state index in [-0.39, 0.29) is 12.1 Å². The highest BCUT2D eigenvalue weighted by molar-refractivity contribution is 4.82. The zero-order valence-corrected chi connectivity index (χ0v) is 14.4. The SMILES string of the molecule is CCCCN(CCCC)CCCC(C)(CO)NCCC. The standard InChI is InChI=1S/C17H38N2O/c1-5-8-13-19(14-9-6-2)15-10-11-17(4,16-20)18-12-7-3/h18,20H,5-16H2,1-4H3. The third-order valence-corrected chi connectivity index (χ3v) is 4.01. The van der Waals surface area contributed by atoms with Gasteiger partial charge in [-0.2, -0.15) is 0 Å². The molecule has 0 amide bonds. The van der Waals surface area contributed by atoms with E-state index in [9.17, 15) is 5.11 Å². The molecule has 1 unspecified atom stereocenters. The van der Waals surface area contributed by atoms with Gasteiger partial charge >= 0.3 is 0 Å². The van der Waals surface area contributed by atoms with Crippen molar-refractivity contribution in [2.75, 3.05) is 32.8 Å². The largest absolute Gasteiger partial charge is 0.394 e. The van der Waals surface area contributed by atoms with Crippen LogP contribution in [0.15, 0.2) is 0 Å². The van der Waals surface area contributed by atoms with Crippen LogP contribution in [0.2, 0.25) is 0 Å². The van der Waals surface area contributed by atoms with Crippen LogP contribution in [0.5, 0.6) is 0 Å². The predicted molar refractivity (Wildman–Crippen MR) is 89.3 cm³/mol. The topological polar surface area (TPSA) is 35.5 Å². The highest BCUT2D eigenvalue weighted by atomic mass is 16.3. The molecule has 3 heteroatoms. The van der Waals surface area contributed by atoms with Gasteiger partial charge in [0.2, 0.25) is 0 Å². The Kier molecular flexibility index (Phi) is 12.5. The quantitative estimate of drug-likeness (QED) is 0.513. The number of rotatable bonds is 14. The zero-order chi connectivity index (χ0) is 15.3. The average Bonchev–Trinajstić information content (AvgIpc) is 2.47. The van der Waals surface area contributed by atoms with Crippen molar-refractivity contribution >= 4 is 0 Å². The van der Waals surface area contributed by atoms with E-state index in [0.717, 1.165) is 19.4 Å². The van der Waals surface area contributed by atoms with Crippen molar-refractivity contribution in [1.82, 2.24) is 10.2 Å². The molecule has 0 spiro atoms. The van der Waals surface area contributed by atoms with Crippen LogP contribution in [0.1, 0.15) is 72.6 Å². The van der Waals surface area contributed by atoms with Gasteiger partial charge in [-0.25, -0.2) is 0 Å². The molecule has 1 atom stereocenters. The number of hydrogen-bond donors (Lipinski definition) is 2. The summed E-state index contributed by atoms with van der Waals surface area (Å²) in [4.78, 5) is 2.60. The van der Waals surface area contributed by atoms with Crippen LogP contribution in [-0.4, -0.2) is 48.3 Å². The van der Waals surface area contributed by atoms with Crippen LogP contribution in [0.3, 0.4) is 0 Å². The first kappa shape index (κ1) is 19.9. The molecule has 20 heavy (non-hydrogen) atoms. The average molecular weight is 287 g/mol. The maximum absolute atomic E-state index is 9.58. The summed E-state index contributed by atoms with van der Waals surface area (Å²) in [5, 5.41) is 13.1. The highest BCUT2D eigenvalue weighted by Crippen LogP contribution is 2.13. The number of aliphatic hydroxyl groups is 1. The normalized spacial score (nSPS) is 14.7. The van der Waals surface area contributed by atoms with E-state index in [1.165, 1.54) is 51.7 Å². The molecule has 0 heterocycles. The molecular formula is C17H38N2O. The number of hydrogen-bond acceptors (Lipinski definition) is 3. The molecule has 122 valence electrons. The second-order valence-corrected chi connectivity index (χ2v) is 6.30. The molecule has 0 bridgehead atoms. The van der Waals surface area contributed by atoms with Crippen molar-refractivity contribution in [3.05, 3.63) is 0 Å². The first-order valence-electron chi connectivity index (χ1n) is 8.70. The number of nitrogens with one attached hydrogen (secondary N) is 1. The molecule has 0 saturated heterocycles. The van der Waals surface area contributed by atoms with Crippen molar-refractivity contribution < 1.29 is 5.11 Å². The summed E-state index contributed by atoms with van der Waals surface area (Å²) in [6, 6.07) is 0. The molecule has 0 aliphatic carbocycles. The first-order chi connectivity index (χ1) is 9.61. The van der Waals surface area contributed by atoms with E-state index < -0.39 is 0 Å². The van der Waals surface area contributed by atoms with Gasteiger partial charge in [0.05, 0.1) is 6.61 Å². The fraction of sp³-hybridized carbons (Fsp3) is 1.00. The molecule has 0 saturated carbocycles. The molecule has 3 nitrogen and oxygen atoms in total. The number of aliphatic hydroxyl groups excluding tert-OH is 1. The van der Waals surface area contributed by atoms with Gasteiger partial charge in [0.15, 0.2) is 0 Å². The minimum atomic E-state index is -0.100. The molecule has 0 aromatic heterocycles. The van der Waals surface area contributed by atoms with E-state index in [0.29, 0.717) is 0 Å². The second-order valence-electron chi connectivity index (χ2n) is 6.30. The van der Waals surface area contributed by atoms with E-state index in [1.54, 1.807) is 0 Å². The summed E-state index contributed by atoms with van der Waals surface area (Å²) in [5.74, 6) is 0. The van der Waals surface area contributed by atoms with Crippen molar-refractivity contribution in [2.45, 2.75) is 78.2 Å². The zero-order valence-electron chi connectivity index (χ0n) is 14.4. The number of nitrogens with zero attached hydrogens (tertiary/aromatic N) is 1. The summed E-state index contributed by atoms with van der Waals surface area (Å²) >= 11 is 0. The lowest BCUT2D eigenvalue weighted by Gasteiger charge is -2.30. The van der Waals surface area contributed by atoms with E-state index in [1.807, 2.05) is 0 Å². The molecule has 0 aliphatic rings. The van der Waals surface area contributed by atoms with Crippen LogP contribution >= 0.6 is 0 Å². The molecule has 0 fully saturated rings. The highest BCUT2D eigenvalue weighted by Gasteiger charge is 2.21. The summed E-state index contributed by atoms with van der Waals surface area (Å²) in [6.45, 7) is 13.7. The van der Waals surface area contributed by atoms with Crippen LogP contribution in [0, 0.1) is 0 Å². The Balaban J connectivity index is 4.04. The molecule has 0 rings (SSSR count). The van der Waals surface area contributed by atoms with Gasteiger partial charge in [0, 0.05) is 5.54 Å². The predicted octanol–water partition coefficient (Wildman–Crippen LogP) is 3.42. The Morgan fingerprint density at radius 2 is 1.45 bits per heavy atom. The van der Waals surface area contributed by atoms with Gasteiger partial charge in [-0.3, -0.25) is 0 Å². The van der Waals surface area contributed by atoms with E-state index >= 15 is 0 Å². The fourth-order valence-corrected chi connectivity index (χ4v) is 2.44. The maximum Gasteiger partial charge on any atom is 0.0610 e. The van der Waals surface area contributed by atoms with Crippen LogP contribution in [-0.2, 0) is 0 Å². The molecular weight excluding hydrogens is 248 g/mol. The third-order valence-electron chi connectivity index (χ3n) is 4.01. The van der Waals surface area contributed by atoms with Gasteiger partial charge in [-0.1, -0.05) is 33.6 Å². The summed E-state index contributed by atoms with van der Waals surface area (Å²) in [7, 11) is 0. The molecule has 0 aromatic carbocycles. The molecule has 0 aliphatic heterocycles. The van der Waals surface area contributed by atoms with Crippen molar-refractivity contribution in [3.63, 3.8) is 0 Å². The lowest BCUT2D eigenvalue weighted by Crippen LogP contribution is -2.46. The van der Waals surface area contributed by atoms with Gasteiger partial charge in [-0.05, 0) is 65.2 Å². The Labute approximate surface area is 127 Å². The minimum Gasteiger partial charge on any atom is -0.394 e. The number of unbranched alkanes of at least 4 members (excludes halogenated alkanes) is 2. The molecule has 0 aromatic rings.